The molecule has 5 heavy (non-hydrogen) atoms. The predicted octanol–water partition coefficient (Wildman–Crippen LogP) is 0.194. The second kappa shape index (κ2) is 4.52. The zero-order valence-corrected chi connectivity index (χ0v) is 4.46. The van der Waals surface area contributed by atoms with Gasteiger partial charge in [-0.2, -0.15) is 0 Å². The first kappa shape index (κ1) is 9.10. The largest absolute Gasteiger partial charge is 0.370 e. The Labute approximate surface area is 43.3 Å². The fraction of sp³-hybridized carbons (Fsp3) is 1.00. The minimum atomic E-state index is 0. The summed E-state index contributed by atoms with van der Waals surface area (Å²) < 4.78 is 0. The first-order valence-electron chi connectivity index (χ1n) is 1.49. The molecule has 0 spiro atoms. The Bertz CT molecular complexity index is 14.4. The first-order valence-corrected chi connectivity index (χ1v) is 1.49. The second-order valence-corrected chi connectivity index (χ2v) is 1.24. The van der Waals surface area contributed by atoms with Gasteiger partial charge in [0.1, 0.15) is 0 Å². The van der Waals surface area contributed by atoms with Gasteiger partial charge in [-0.15, -0.1) is 0 Å². The van der Waals surface area contributed by atoms with Crippen molar-refractivity contribution in [3.05, 3.63) is 0 Å². The van der Waals surface area contributed by atoms with Gasteiger partial charge in [-0.25, -0.2) is 0 Å². The van der Waals surface area contributed by atoms with Crippen LogP contribution in [0.1, 0.15) is 0 Å². The van der Waals surface area contributed by atoms with E-state index in [2.05, 4.69) is 0 Å². The van der Waals surface area contributed by atoms with Crippen molar-refractivity contribution < 1.29 is 16.5 Å². The molecule has 0 rings (SSSR count). The third-order valence-corrected chi connectivity index (χ3v) is 0. The molecule has 0 saturated heterocycles. The van der Waals surface area contributed by atoms with E-state index in [0.717, 1.165) is 0 Å². The molecule has 0 unspecified atom stereocenters. The van der Waals surface area contributed by atoms with Crippen LogP contribution in [0.5, 0.6) is 0 Å². The molecule has 0 fully saturated rings. The van der Waals surface area contributed by atoms with Gasteiger partial charge in [0.15, 0.2) is 0 Å². The van der Waals surface area contributed by atoms with Crippen molar-refractivity contribution in [2.45, 2.75) is 13.6 Å². The van der Waals surface area contributed by atoms with E-state index >= 15 is 0 Å². The Hall–Kier alpha value is 0.518. The molecule has 0 amide bonds. The summed E-state index contributed by atoms with van der Waals surface area (Å²) in [5, 5.41) is 0. The summed E-state index contributed by atoms with van der Waals surface area (Å²) in [5.74, 6) is 0. The summed E-state index contributed by atoms with van der Waals surface area (Å²) in [5.41, 5.74) is 5.11. The van der Waals surface area contributed by atoms with Gasteiger partial charge >= 0.3 is 0 Å². The fourth-order valence-electron chi connectivity index (χ4n) is 0. The van der Waals surface area contributed by atoms with Crippen molar-refractivity contribution in [3.8, 4) is 0 Å². The number of rotatable bonds is 0. The van der Waals surface area contributed by atoms with E-state index in [9.17, 15) is 0 Å². The van der Waals surface area contributed by atoms with Gasteiger partial charge in [-0.1, -0.05) is 13.6 Å². The molecule has 0 aliphatic carbocycles. The van der Waals surface area contributed by atoms with Gasteiger partial charge in [0, 0.05) is 16.5 Å². The van der Waals surface area contributed by atoms with Crippen molar-refractivity contribution >= 4 is 6.85 Å². The third kappa shape index (κ3) is 107. The van der Waals surface area contributed by atoms with Crippen LogP contribution in [0.25, 0.3) is 0 Å². The standard InChI is InChI=1S/C2H8BN.Ni/c1-3(2)4;/h4H2,1-2H3;. The molecule has 0 aromatic heterocycles. The number of nitrogens with two attached hydrogens (primary N) is 1. The molecule has 0 bridgehead atoms. The van der Waals surface area contributed by atoms with Crippen LogP contribution in [-0.4, -0.2) is 6.85 Å². The topological polar surface area (TPSA) is 26.0 Å². The van der Waals surface area contributed by atoms with Crippen molar-refractivity contribution in [2.24, 2.45) is 5.64 Å². The molecule has 34 valence electrons. The van der Waals surface area contributed by atoms with Crippen LogP contribution in [-0.2, 0) is 16.5 Å². The molecule has 1 nitrogen and oxygen atoms in total. The molecule has 0 radical (unpaired) electrons. The molecule has 0 atom stereocenters. The van der Waals surface area contributed by atoms with Crippen molar-refractivity contribution in [2.75, 3.05) is 0 Å². The minimum Gasteiger partial charge on any atom is -0.370 e. The van der Waals surface area contributed by atoms with E-state index in [0.29, 0.717) is 6.85 Å². The van der Waals surface area contributed by atoms with E-state index in [1.54, 1.807) is 0 Å². The summed E-state index contributed by atoms with van der Waals surface area (Å²) in [4.78, 5) is 0. The van der Waals surface area contributed by atoms with E-state index < -0.39 is 0 Å². The third-order valence-electron chi connectivity index (χ3n) is 0. The van der Waals surface area contributed by atoms with Crippen molar-refractivity contribution in [3.63, 3.8) is 0 Å². The maximum Gasteiger partial charge on any atom is 0.211 e. The van der Waals surface area contributed by atoms with Crippen molar-refractivity contribution in [1.82, 2.24) is 0 Å². The average molecular weight is 116 g/mol. The molecule has 3 heteroatoms. The average Bonchev–Trinajstić information content (AvgIpc) is 0.811. The van der Waals surface area contributed by atoms with Crippen LogP contribution < -0.4 is 5.64 Å². The SMILES string of the molecule is CB(C)N.[Ni]. The van der Waals surface area contributed by atoms with Gasteiger partial charge in [0.25, 0.3) is 0 Å². The second-order valence-electron chi connectivity index (χ2n) is 1.24. The van der Waals surface area contributed by atoms with Gasteiger partial charge in [0.2, 0.25) is 6.85 Å². The van der Waals surface area contributed by atoms with E-state index in [-0.39, 0.29) is 16.5 Å². The maximum atomic E-state index is 5.11. The summed E-state index contributed by atoms with van der Waals surface area (Å²) in [6.45, 7) is 4.22. The minimum absolute atomic E-state index is 0. The molecule has 0 aliphatic rings. The monoisotopic (exact) mass is 115 g/mol. The molecule has 0 heterocycles. The number of hydrogen-bond acceptors (Lipinski definition) is 1. The number of hydrogen-bond donors (Lipinski definition) is 1. The van der Waals surface area contributed by atoms with Crippen LogP contribution in [0.2, 0.25) is 13.6 Å². The normalized spacial score (nSPS) is 5.40. The van der Waals surface area contributed by atoms with Crippen molar-refractivity contribution in [1.29, 1.82) is 0 Å². The van der Waals surface area contributed by atoms with Crippen LogP contribution in [0.3, 0.4) is 0 Å². The molecule has 0 aromatic rings. The quantitative estimate of drug-likeness (QED) is 0.449. The van der Waals surface area contributed by atoms with Gasteiger partial charge in [0.05, 0.1) is 0 Å². The Kier molecular flexibility index (Phi) is 8.22. The summed E-state index contributed by atoms with van der Waals surface area (Å²) in [6, 6.07) is 0. The molecule has 2 N–H and O–H groups in total. The van der Waals surface area contributed by atoms with Gasteiger partial charge in [-0.3, -0.25) is 0 Å². The Morgan fingerprint density at radius 1 is 1.40 bits per heavy atom. The van der Waals surface area contributed by atoms with Gasteiger partial charge in [-0.05, 0) is 0 Å². The predicted molar refractivity (Wildman–Crippen MR) is 21.7 cm³/mol. The van der Waals surface area contributed by atoms with Crippen LogP contribution in [0.4, 0.5) is 0 Å². The van der Waals surface area contributed by atoms with E-state index in [1.807, 2.05) is 13.6 Å². The molecule has 0 saturated carbocycles. The summed E-state index contributed by atoms with van der Waals surface area (Å²) in [6.07, 6.45) is 0. The zero-order chi connectivity index (χ0) is 3.58. The Morgan fingerprint density at radius 3 is 1.40 bits per heavy atom. The molecular formula is C2H8BNNi. The maximum absolute atomic E-state index is 5.11. The first-order chi connectivity index (χ1) is 1.73. The smallest absolute Gasteiger partial charge is 0.211 e. The molecule has 0 aromatic carbocycles. The Balaban J connectivity index is 0. The van der Waals surface area contributed by atoms with Crippen LogP contribution >= 0.6 is 0 Å². The Morgan fingerprint density at radius 2 is 1.40 bits per heavy atom. The fourth-order valence-corrected chi connectivity index (χ4v) is 0. The van der Waals surface area contributed by atoms with Crippen LogP contribution in [0.15, 0.2) is 0 Å². The molecule has 0 aliphatic heterocycles. The zero-order valence-electron chi connectivity index (χ0n) is 3.47. The summed E-state index contributed by atoms with van der Waals surface area (Å²) >= 11 is 0. The van der Waals surface area contributed by atoms with E-state index in [1.165, 1.54) is 0 Å². The van der Waals surface area contributed by atoms with E-state index in [4.69, 9.17) is 5.64 Å². The molecular weight excluding hydrogens is 108 g/mol. The van der Waals surface area contributed by atoms with Gasteiger partial charge < -0.3 is 5.64 Å². The summed E-state index contributed by atoms with van der Waals surface area (Å²) in [7, 11) is 0. The van der Waals surface area contributed by atoms with Crippen LogP contribution in [0, 0.1) is 0 Å².